The summed E-state index contributed by atoms with van der Waals surface area (Å²) in [5.41, 5.74) is 0.424. The topological polar surface area (TPSA) is 106 Å². The maximum Gasteiger partial charge on any atom is 0.357 e. The van der Waals surface area contributed by atoms with E-state index in [0.29, 0.717) is 12.1 Å². The van der Waals surface area contributed by atoms with Gasteiger partial charge in [0.25, 0.3) is 5.91 Å². The van der Waals surface area contributed by atoms with Gasteiger partial charge in [-0.25, -0.2) is 18.2 Å². The monoisotopic (exact) mass is 437 g/mol. The molecule has 3 rings (SSSR count). The molecular weight excluding hydrogens is 414 g/mol. The Bertz CT molecular complexity index is 986. The van der Waals surface area contributed by atoms with E-state index in [1.165, 1.54) is 34.0 Å². The highest BCUT2D eigenvalue weighted by molar-refractivity contribution is 7.89. The zero-order valence-corrected chi connectivity index (χ0v) is 17.9. The Morgan fingerprint density at radius 2 is 2.00 bits per heavy atom. The smallest absolute Gasteiger partial charge is 0.357 e. The van der Waals surface area contributed by atoms with E-state index in [2.05, 4.69) is 10.3 Å². The van der Waals surface area contributed by atoms with Crippen LogP contribution in [-0.4, -0.2) is 48.8 Å². The number of anilines is 1. The van der Waals surface area contributed by atoms with Gasteiger partial charge in [-0.05, 0) is 51.0 Å². The molecule has 1 aromatic heterocycles. The standard InChI is InChI=1S/C19H23N3O5S2/c1-3-27-18(24)16-12-28-19(20-16)21-17(23)14-7-9-15(10-8-14)29(25,26)22-11-5-4-6-13(22)2/h7-10,12-13H,3-6,11H2,1-2H3,(H,20,21,23). The average molecular weight is 438 g/mol. The normalized spacial score (nSPS) is 17.7. The fraction of sp³-hybridized carbons (Fsp3) is 0.421. The Morgan fingerprint density at radius 1 is 1.28 bits per heavy atom. The molecule has 1 atom stereocenters. The minimum Gasteiger partial charge on any atom is -0.461 e. The number of rotatable bonds is 6. The third-order valence-electron chi connectivity index (χ3n) is 4.67. The lowest BCUT2D eigenvalue weighted by molar-refractivity contribution is 0.0520. The molecule has 29 heavy (non-hydrogen) atoms. The van der Waals surface area contributed by atoms with Crippen molar-refractivity contribution in [3.8, 4) is 0 Å². The van der Waals surface area contributed by atoms with Crippen LogP contribution in [0.25, 0.3) is 0 Å². The van der Waals surface area contributed by atoms with Gasteiger partial charge >= 0.3 is 5.97 Å². The quantitative estimate of drug-likeness (QED) is 0.696. The zero-order valence-electron chi connectivity index (χ0n) is 16.3. The fourth-order valence-corrected chi connectivity index (χ4v) is 5.52. The first-order chi connectivity index (χ1) is 13.8. The first-order valence-electron chi connectivity index (χ1n) is 9.39. The predicted octanol–water partition coefficient (Wildman–Crippen LogP) is 3.14. The molecule has 1 amide bonds. The second-order valence-corrected chi connectivity index (χ2v) is 9.45. The summed E-state index contributed by atoms with van der Waals surface area (Å²) in [6, 6.07) is 5.79. The van der Waals surface area contributed by atoms with Crippen molar-refractivity contribution in [2.75, 3.05) is 18.5 Å². The van der Waals surface area contributed by atoms with Gasteiger partial charge < -0.3 is 4.74 Å². The van der Waals surface area contributed by atoms with Crippen LogP contribution >= 0.6 is 11.3 Å². The molecule has 2 aromatic rings. The van der Waals surface area contributed by atoms with Crippen LogP contribution in [-0.2, 0) is 14.8 Å². The van der Waals surface area contributed by atoms with Gasteiger partial charge in [0.2, 0.25) is 10.0 Å². The number of nitrogens with one attached hydrogen (secondary N) is 1. The van der Waals surface area contributed by atoms with Gasteiger partial charge in [0, 0.05) is 23.5 Å². The molecule has 10 heteroatoms. The Hall–Kier alpha value is -2.30. The Kier molecular flexibility index (Phi) is 6.66. The number of carbonyl (C=O) groups is 2. The number of amides is 1. The van der Waals surface area contributed by atoms with Crippen molar-refractivity contribution in [2.24, 2.45) is 0 Å². The highest BCUT2D eigenvalue weighted by atomic mass is 32.2. The number of benzene rings is 1. The first-order valence-corrected chi connectivity index (χ1v) is 11.7. The molecule has 1 fully saturated rings. The molecule has 1 saturated heterocycles. The Labute approximate surface area is 173 Å². The molecule has 2 heterocycles. The highest BCUT2D eigenvalue weighted by Crippen LogP contribution is 2.25. The van der Waals surface area contributed by atoms with E-state index in [4.69, 9.17) is 4.74 Å². The maximum atomic E-state index is 12.9. The van der Waals surface area contributed by atoms with Crippen LogP contribution in [0.5, 0.6) is 0 Å². The summed E-state index contributed by atoms with van der Waals surface area (Å²) >= 11 is 1.11. The number of hydrogen-bond acceptors (Lipinski definition) is 7. The lowest BCUT2D eigenvalue weighted by Crippen LogP contribution is -2.41. The van der Waals surface area contributed by atoms with Gasteiger partial charge in [0.05, 0.1) is 11.5 Å². The summed E-state index contributed by atoms with van der Waals surface area (Å²) in [5, 5.41) is 4.37. The predicted molar refractivity (Wildman–Crippen MR) is 110 cm³/mol. The summed E-state index contributed by atoms with van der Waals surface area (Å²) in [4.78, 5) is 28.3. The van der Waals surface area contributed by atoms with Crippen molar-refractivity contribution in [1.82, 2.24) is 9.29 Å². The van der Waals surface area contributed by atoms with Crippen molar-refractivity contribution in [2.45, 2.75) is 44.0 Å². The molecule has 0 spiro atoms. The summed E-state index contributed by atoms with van der Waals surface area (Å²) in [6.07, 6.45) is 2.73. The molecule has 0 saturated carbocycles. The van der Waals surface area contributed by atoms with E-state index in [9.17, 15) is 18.0 Å². The Morgan fingerprint density at radius 3 is 2.66 bits per heavy atom. The largest absolute Gasteiger partial charge is 0.461 e. The number of carbonyl (C=O) groups excluding carboxylic acids is 2. The number of ether oxygens (including phenoxy) is 1. The molecular formula is C19H23N3O5S2. The number of nitrogens with zero attached hydrogens (tertiary/aromatic N) is 2. The summed E-state index contributed by atoms with van der Waals surface area (Å²) < 4.78 is 32.1. The third kappa shape index (κ3) is 4.82. The molecule has 0 bridgehead atoms. The molecule has 1 N–H and O–H groups in total. The molecule has 0 aliphatic carbocycles. The number of thiazole rings is 1. The molecule has 1 aliphatic rings. The summed E-state index contributed by atoms with van der Waals surface area (Å²) in [5.74, 6) is -0.990. The van der Waals surface area contributed by atoms with Gasteiger partial charge in [-0.1, -0.05) is 6.42 Å². The molecule has 0 radical (unpaired) electrons. The summed E-state index contributed by atoms with van der Waals surface area (Å²) in [7, 11) is -3.58. The fourth-order valence-electron chi connectivity index (χ4n) is 3.14. The molecule has 156 valence electrons. The number of sulfonamides is 1. The van der Waals surface area contributed by atoms with E-state index in [-0.39, 0.29) is 28.4 Å². The maximum absolute atomic E-state index is 12.9. The summed E-state index contributed by atoms with van der Waals surface area (Å²) in [6.45, 7) is 4.36. The second-order valence-electron chi connectivity index (χ2n) is 6.70. The second kappa shape index (κ2) is 9.02. The van der Waals surface area contributed by atoms with Crippen molar-refractivity contribution in [3.05, 3.63) is 40.9 Å². The van der Waals surface area contributed by atoms with Gasteiger partial charge in [-0.3, -0.25) is 10.1 Å². The van der Waals surface area contributed by atoms with Crippen LogP contribution in [0.3, 0.4) is 0 Å². The van der Waals surface area contributed by atoms with E-state index in [0.717, 1.165) is 30.6 Å². The number of piperidine rings is 1. The van der Waals surface area contributed by atoms with Gasteiger partial charge in [-0.15, -0.1) is 11.3 Å². The van der Waals surface area contributed by atoms with Crippen LogP contribution in [0, 0.1) is 0 Å². The molecule has 1 aromatic carbocycles. The van der Waals surface area contributed by atoms with Gasteiger partial charge in [0.15, 0.2) is 10.8 Å². The lowest BCUT2D eigenvalue weighted by Gasteiger charge is -2.32. The minimum absolute atomic E-state index is 0.0322. The number of esters is 1. The lowest BCUT2D eigenvalue weighted by atomic mass is 10.1. The van der Waals surface area contributed by atoms with Crippen LogP contribution < -0.4 is 5.32 Å². The van der Waals surface area contributed by atoms with Crippen molar-refractivity contribution in [1.29, 1.82) is 0 Å². The van der Waals surface area contributed by atoms with E-state index >= 15 is 0 Å². The van der Waals surface area contributed by atoms with Crippen molar-refractivity contribution >= 4 is 38.4 Å². The van der Waals surface area contributed by atoms with Gasteiger partial charge in [0.1, 0.15) is 0 Å². The molecule has 1 aliphatic heterocycles. The Balaban J connectivity index is 1.70. The molecule has 1 unspecified atom stereocenters. The van der Waals surface area contributed by atoms with Crippen LogP contribution in [0.4, 0.5) is 5.13 Å². The van der Waals surface area contributed by atoms with Gasteiger partial charge in [-0.2, -0.15) is 4.31 Å². The van der Waals surface area contributed by atoms with Crippen LogP contribution in [0.2, 0.25) is 0 Å². The number of hydrogen-bond donors (Lipinski definition) is 1. The van der Waals surface area contributed by atoms with E-state index in [1.54, 1.807) is 6.92 Å². The van der Waals surface area contributed by atoms with Crippen molar-refractivity contribution < 1.29 is 22.7 Å². The van der Waals surface area contributed by atoms with E-state index in [1.807, 2.05) is 6.92 Å². The first kappa shape index (κ1) is 21.4. The number of aromatic nitrogens is 1. The van der Waals surface area contributed by atoms with Crippen LogP contribution in [0.15, 0.2) is 34.5 Å². The molecule has 8 nitrogen and oxygen atoms in total. The SMILES string of the molecule is CCOC(=O)c1csc(NC(=O)c2ccc(S(=O)(=O)N3CCCCC3C)cc2)n1. The highest BCUT2D eigenvalue weighted by Gasteiger charge is 2.30. The van der Waals surface area contributed by atoms with E-state index < -0.39 is 21.9 Å². The average Bonchev–Trinajstić information content (AvgIpc) is 3.17. The zero-order chi connectivity index (χ0) is 21.0. The van der Waals surface area contributed by atoms with Crippen LogP contribution in [0.1, 0.15) is 54.0 Å². The van der Waals surface area contributed by atoms with Crippen molar-refractivity contribution in [3.63, 3.8) is 0 Å². The minimum atomic E-state index is -3.58. The third-order valence-corrected chi connectivity index (χ3v) is 7.46.